The van der Waals surface area contributed by atoms with Crippen molar-refractivity contribution in [3.8, 4) is 0 Å². The average Bonchev–Trinajstić information content (AvgIpc) is 2.20. The van der Waals surface area contributed by atoms with Gasteiger partial charge in [0.05, 0.1) is 0 Å². The molecular formula is C9H14BN3. The van der Waals surface area contributed by atoms with Crippen LogP contribution < -0.4 is 10.4 Å². The van der Waals surface area contributed by atoms with Crippen LogP contribution in [0.5, 0.6) is 0 Å². The van der Waals surface area contributed by atoms with Gasteiger partial charge in [-0.25, -0.2) is 9.97 Å². The van der Waals surface area contributed by atoms with Crippen molar-refractivity contribution in [3.05, 3.63) is 12.4 Å². The fraction of sp³-hybridized carbons (Fsp3) is 0.556. The highest BCUT2D eigenvalue weighted by atomic mass is 15.2. The van der Waals surface area contributed by atoms with Crippen LogP contribution in [-0.2, 0) is 0 Å². The van der Waals surface area contributed by atoms with Crippen molar-refractivity contribution in [3.63, 3.8) is 0 Å². The largest absolute Gasteiger partial charge is 0.341 e. The molecule has 0 atom stereocenters. The van der Waals surface area contributed by atoms with Crippen LogP contribution >= 0.6 is 0 Å². The van der Waals surface area contributed by atoms with Crippen LogP contribution in [0.1, 0.15) is 19.3 Å². The summed E-state index contributed by atoms with van der Waals surface area (Å²) < 4.78 is 0. The molecule has 68 valence electrons. The quantitative estimate of drug-likeness (QED) is 0.550. The Hall–Kier alpha value is -1.06. The maximum absolute atomic E-state index is 4.32. The van der Waals surface area contributed by atoms with Gasteiger partial charge >= 0.3 is 0 Å². The molecule has 2 heterocycles. The minimum atomic E-state index is 0.894. The summed E-state index contributed by atoms with van der Waals surface area (Å²) in [7, 11) is 2.01. The lowest BCUT2D eigenvalue weighted by atomic mass is 10.0. The molecule has 1 aliphatic heterocycles. The monoisotopic (exact) mass is 175 g/mol. The van der Waals surface area contributed by atoms with Gasteiger partial charge in [-0.15, -0.1) is 0 Å². The Kier molecular flexibility index (Phi) is 2.48. The molecule has 1 aliphatic rings. The van der Waals surface area contributed by atoms with Gasteiger partial charge in [-0.1, -0.05) is 5.46 Å². The number of aromatic nitrogens is 2. The van der Waals surface area contributed by atoms with Crippen LogP contribution in [0.2, 0.25) is 0 Å². The second-order valence-electron chi connectivity index (χ2n) is 3.61. The van der Waals surface area contributed by atoms with E-state index in [0.29, 0.717) is 0 Å². The van der Waals surface area contributed by atoms with Crippen molar-refractivity contribution in [2.75, 3.05) is 18.0 Å². The third-order valence-electron chi connectivity index (χ3n) is 2.41. The summed E-state index contributed by atoms with van der Waals surface area (Å²) in [4.78, 5) is 10.9. The Bertz CT molecular complexity index is 267. The van der Waals surface area contributed by atoms with Crippen molar-refractivity contribution in [2.45, 2.75) is 19.3 Å². The van der Waals surface area contributed by atoms with Crippen LogP contribution in [0.4, 0.5) is 5.95 Å². The highest BCUT2D eigenvalue weighted by Gasteiger charge is 2.12. The maximum atomic E-state index is 4.32. The van der Waals surface area contributed by atoms with E-state index in [2.05, 4.69) is 14.9 Å². The first kappa shape index (κ1) is 8.54. The van der Waals surface area contributed by atoms with Gasteiger partial charge in [0.25, 0.3) is 0 Å². The van der Waals surface area contributed by atoms with Gasteiger partial charge < -0.3 is 4.90 Å². The van der Waals surface area contributed by atoms with Gasteiger partial charge in [0.1, 0.15) is 7.85 Å². The molecule has 0 spiro atoms. The first-order valence-corrected chi connectivity index (χ1v) is 4.90. The Morgan fingerprint density at radius 3 is 2.31 bits per heavy atom. The molecule has 4 heteroatoms. The fourth-order valence-electron chi connectivity index (χ4n) is 1.64. The minimum absolute atomic E-state index is 0.894. The first-order valence-electron chi connectivity index (χ1n) is 4.90. The zero-order valence-corrected chi connectivity index (χ0v) is 8.03. The Labute approximate surface area is 79.6 Å². The van der Waals surface area contributed by atoms with Crippen molar-refractivity contribution in [2.24, 2.45) is 0 Å². The molecule has 3 nitrogen and oxygen atoms in total. The van der Waals surface area contributed by atoms with Crippen molar-refractivity contribution in [1.82, 2.24) is 9.97 Å². The molecule has 0 aliphatic carbocycles. The lowest BCUT2D eigenvalue weighted by Gasteiger charge is -2.26. The molecule has 0 bridgehead atoms. The van der Waals surface area contributed by atoms with Gasteiger partial charge in [-0.05, 0) is 19.3 Å². The van der Waals surface area contributed by atoms with Gasteiger partial charge in [-0.2, -0.15) is 0 Å². The average molecular weight is 175 g/mol. The third kappa shape index (κ3) is 2.00. The molecule has 1 aromatic heterocycles. The van der Waals surface area contributed by atoms with Crippen LogP contribution in [-0.4, -0.2) is 30.9 Å². The van der Waals surface area contributed by atoms with Crippen molar-refractivity contribution >= 4 is 19.3 Å². The summed E-state index contributed by atoms with van der Waals surface area (Å²) in [6.07, 6.45) is 7.67. The minimum Gasteiger partial charge on any atom is -0.341 e. The number of piperidine rings is 1. The van der Waals surface area contributed by atoms with Crippen molar-refractivity contribution in [1.29, 1.82) is 0 Å². The van der Waals surface area contributed by atoms with Crippen LogP contribution in [0, 0.1) is 0 Å². The Balaban J connectivity index is 2.10. The van der Waals surface area contributed by atoms with E-state index < -0.39 is 0 Å². The molecule has 1 saturated heterocycles. The molecule has 13 heavy (non-hydrogen) atoms. The predicted molar refractivity (Wildman–Crippen MR) is 56.3 cm³/mol. The van der Waals surface area contributed by atoms with E-state index in [1.807, 2.05) is 20.2 Å². The topological polar surface area (TPSA) is 29.0 Å². The van der Waals surface area contributed by atoms with E-state index in [1.54, 1.807) is 0 Å². The van der Waals surface area contributed by atoms with E-state index in [9.17, 15) is 0 Å². The van der Waals surface area contributed by atoms with E-state index in [-0.39, 0.29) is 0 Å². The van der Waals surface area contributed by atoms with Gasteiger partial charge in [0.15, 0.2) is 0 Å². The number of nitrogens with zero attached hydrogens (tertiary/aromatic N) is 3. The third-order valence-corrected chi connectivity index (χ3v) is 2.41. The van der Waals surface area contributed by atoms with Gasteiger partial charge in [0, 0.05) is 25.5 Å². The number of hydrogen-bond donors (Lipinski definition) is 0. The maximum Gasteiger partial charge on any atom is 0.225 e. The number of hydrogen-bond acceptors (Lipinski definition) is 3. The zero-order chi connectivity index (χ0) is 9.10. The van der Waals surface area contributed by atoms with E-state index >= 15 is 0 Å². The van der Waals surface area contributed by atoms with Crippen molar-refractivity contribution < 1.29 is 0 Å². The summed E-state index contributed by atoms with van der Waals surface area (Å²) in [6, 6.07) is 0. The smallest absolute Gasteiger partial charge is 0.225 e. The number of anilines is 1. The standard InChI is InChI=1S/C9H14BN3/c10-8-6-11-9(12-7-8)13-4-2-1-3-5-13/h6-7H,1-5,10H2. The lowest BCUT2D eigenvalue weighted by molar-refractivity contribution is 0.568. The van der Waals surface area contributed by atoms with E-state index in [0.717, 1.165) is 24.5 Å². The molecule has 0 N–H and O–H groups in total. The summed E-state index contributed by atoms with van der Waals surface area (Å²) in [5.41, 5.74) is 1.13. The lowest BCUT2D eigenvalue weighted by Crippen LogP contribution is -2.31. The molecule has 1 aromatic rings. The molecule has 2 rings (SSSR count). The summed E-state index contributed by atoms with van der Waals surface area (Å²) >= 11 is 0. The Morgan fingerprint density at radius 2 is 1.69 bits per heavy atom. The molecule has 0 aromatic carbocycles. The van der Waals surface area contributed by atoms with Crippen LogP contribution in [0.25, 0.3) is 0 Å². The van der Waals surface area contributed by atoms with Gasteiger partial charge in [0.2, 0.25) is 5.95 Å². The highest BCUT2D eigenvalue weighted by molar-refractivity contribution is 6.31. The fourth-order valence-corrected chi connectivity index (χ4v) is 1.64. The molecule has 0 unspecified atom stereocenters. The second-order valence-corrected chi connectivity index (χ2v) is 3.61. The van der Waals surface area contributed by atoms with E-state index in [1.165, 1.54) is 19.3 Å². The molecular weight excluding hydrogens is 161 g/mol. The molecule has 0 amide bonds. The highest BCUT2D eigenvalue weighted by Crippen LogP contribution is 2.13. The SMILES string of the molecule is Bc1cnc(N2CCCCC2)nc1. The summed E-state index contributed by atoms with van der Waals surface area (Å²) in [5, 5.41) is 0. The van der Waals surface area contributed by atoms with Crippen LogP contribution in [0.3, 0.4) is 0 Å². The first-order chi connectivity index (χ1) is 6.36. The summed E-state index contributed by atoms with van der Waals surface area (Å²) in [6.45, 7) is 2.23. The van der Waals surface area contributed by atoms with Gasteiger partial charge in [-0.3, -0.25) is 0 Å². The number of rotatable bonds is 1. The molecule has 1 fully saturated rings. The normalized spacial score (nSPS) is 17.4. The van der Waals surface area contributed by atoms with Crippen LogP contribution in [0.15, 0.2) is 12.4 Å². The summed E-state index contributed by atoms with van der Waals surface area (Å²) in [5.74, 6) is 0.894. The molecule has 0 radical (unpaired) electrons. The zero-order valence-electron chi connectivity index (χ0n) is 8.03. The molecule has 0 saturated carbocycles. The Morgan fingerprint density at radius 1 is 1.08 bits per heavy atom. The predicted octanol–water partition coefficient (Wildman–Crippen LogP) is -0.275. The van der Waals surface area contributed by atoms with E-state index in [4.69, 9.17) is 0 Å². The second kappa shape index (κ2) is 3.77.